The quantitative estimate of drug-likeness (QED) is 0.749. The molecule has 1 N–H and O–H groups in total. The van der Waals surface area contributed by atoms with Crippen LogP contribution in [-0.4, -0.2) is 48.8 Å². The van der Waals surface area contributed by atoms with E-state index in [1.54, 1.807) is 7.11 Å². The zero-order valence-electron chi connectivity index (χ0n) is 9.61. The van der Waals surface area contributed by atoms with Gasteiger partial charge < -0.3 is 14.7 Å². The van der Waals surface area contributed by atoms with Crippen molar-refractivity contribution in [2.45, 2.75) is 32.3 Å². The Morgan fingerprint density at radius 3 is 2.93 bits per heavy atom. The highest BCUT2D eigenvalue weighted by molar-refractivity contribution is 5.76. The van der Waals surface area contributed by atoms with Crippen LogP contribution in [0.3, 0.4) is 0 Å². The van der Waals surface area contributed by atoms with Gasteiger partial charge in [-0.15, -0.1) is 0 Å². The van der Waals surface area contributed by atoms with Gasteiger partial charge in [0.2, 0.25) is 5.91 Å². The lowest BCUT2D eigenvalue weighted by Gasteiger charge is -2.35. The van der Waals surface area contributed by atoms with Crippen molar-refractivity contribution in [3.05, 3.63) is 0 Å². The molecule has 4 nitrogen and oxygen atoms in total. The molecule has 0 aromatic rings. The summed E-state index contributed by atoms with van der Waals surface area (Å²) >= 11 is 0. The molecule has 1 rings (SSSR count). The minimum atomic E-state index is -0.235. The molecule has 0 saturated carbocycles. The number of likely N-dealkylation sites (tertiary alicyclic amines) is 1. The average molecular weight is 215 g/mol. The molecule has 1 aliphatic heterocycles. The predicted octanol–water partition coefficient (Wildman–Crippen LogP) is 0.642. The van der Waals surface area contributed by atoms with E-state index in [1.165, 1.54) is 0 Å². The number of ether oxygens (including phenoxy) is 1. The normalized spacial score (nSPS) is 26.7. The number of nitrogens with zero attached hydrogens (tertiary/aromatic N) is 1. The number of methoxy groups -OCH3 is 1. The smallest absolute Gasteiger partial charge is 0.224 e. The highest BCUT2D eigenvalue weighted by Gasteiger charge is 2.28. The maximum atomic E-state index is 11.7. The van der Waals surface area contributed by atoms with Gasteiger partial charge in [0.15, 0.2) is 0 Å². The van der Waals surface area contributed by atoms with Crippen LogP contribution < -0.4 is 0 Å². The fourth-order valence-corrected chi connectivity index (χ4v) is 2.00. The molecule has 0 spiro atoms. The molecule has 0 aromatic carbocycles. The van der Waals surface area contributed by atoms with Crippen molar-refractivity contribution in [1.82, 2.24) is 4.90 Å². The van der Waals surface area contributed by atoms with Crippen LogP contribution in [0.2, 0.25) is 0 Å². The average Bonchev–Trinajstić information content (AvgIpc) is 2.26. The van der Waals surface area contributed by atoms with Gasteiger partial charge in [-0.05, 0) is 12.8 Å². The van der Waals surface area contributed by atoms with E-state index in [0.717, 1.165) is 6.42 Å². The molecule has 2 unspecified atom stereocenters. The summed E-state index contributed by atoms with van der Waals surface area (Å²) in [4.78, 5) is 13.5. The molecule has 0 radical (unpaired) electrons. The van der Waals surface area contributed by atoms with Gasteiger partial charge in [-0.3, -0.25) is 4.79 Å². The van der Waals surface area contributed by atoms with E-state index in [9.17, 15) is 9.90 Å². The van der Waals surface area contributed by atoms with Gasteiger partial charge in [0.05, 0.1) is 19.1 Å². The Morgan fingerprint density at radius 2 is 2.33 bits per heavy atom. The highest BCUT2D eigenvalue weighted by Crippen LogP contribution is 2.20. The number of piperidine rings is 1. The molecule has 0 aliphatic carbocycles. The third kappa shape index (κ3) is 3.47. The number of rotatable bonds is 4. The first-order valence-corrected chi connectivity index (χ1v) is 5.63. The van der Waals surface area contributed by atoms with Crippen LogP contribution in [0.15, 0.2) is 0 Å². The first kappa shape index (κ1) is 12.5. The molecular weight excluding hydrogens is 194 g/mol. The largest absolute Gasteiger partial charge is 0.393 e. The Morgan fingerprint density at radius 1 is 1.60 bits per heavy atom. The summed E-state index contributed by atoms with van der Waals surface area (Å²) in [7, 11) is 1.60. The van der Waals surface area contributed by atoms with E-state index in [2.05, 4.69) is 6.92 Å². The lowest BCUT2D eigenvalue weighted by molar-refractivity contribution is -0.135. The summed E-state index contributed by atoms with van der Waals surface area (Å²) in [6.07, 6.45) is 1.84. The number of carbonyl (C=O) groups is 1. The minimum absolute atomic E-state index is 0.141. The van der Waals surface area contributed by atoms with E-state index in [4.69, 9.17) is 4.74 Å². The monoisotopic (exact) mass is 215 g/mol. The minimum Gasteiger partial charge on any atom is -0.393 e. The summed E-state index contributed by atoms with van der Waals surface area (Å²) in [6.45, 7) is 3.91. The maximum Gasteiger partial charge on any atom is 0.224 e. The number of hydrogen-bond donors (Lipinski definition) is 1. The first-order valence-electron chi connectivity index (χ1n) is 5.63. The Kier molecular flexibility index (Phi) is 5.05. The Labute approximate surface area is 91.2 Å². The Bertz CT molecular complexity index is 208. The van der Waals surface area contributed by atoms with E-state index >= 15 is 0 Å². The molecule has 1 amide bonds. The lowest BCUT2D eigenvalue weighted by Crippen LogP contribution is -2.45. The lowest BCUT2D eigenvalue weighted by atomic mass is 9.92. The summed E-state index contributed by atoms with van der Waals surface area (Å²) < 4.78 is 4.88. The van der Waals surface area contributed by atoms with Crippen LogP contribution in [0.25, 0.3) is 0 Å². The van der Waals surface area contributed by atoms with Crippen LogP contribution in [0, 0.1) is 5.92 Å². The summed E-state index contributed by atoms with van der Waals surface area (Å²) in [5, 5.41) is 9.68. The van der Waals surface area contributed by atoms with Gasteiger partial charge in [-0.1, -0.05) is 6.92 Å². The second kappa shape index (κ2) is 6.08. The second-order valence-corrected chi connectivity index (χ2v) is 4.11. The van der Waals surface area contributed by atoms with Gasteiger partial charge in [0, 0.05) is 26.1 Å². The van der Waals surface area contributed by atoms with Gasteiger partial charge in [-0.2, -0.15) is 0 Å². The van der Waals surface area contributed by atoms with Crippen molar-refractivity contribution >= 4 is 5.91 Å². The number of aliphatic hydroxyl groups excluding tert-OH is 1. The molecule has 1 fully saturated rings. The Balaban J connectivity index is 2.40. The standard InChI is InChI=1S/C11H21NO3/c1-3-9-8-12(6-4-10(9)13)11(14)5-7-15-2/h9-10,13H,3-8H2,1-2H3. The van der Waals surface area contributed by atoms with E-state index < -0.39 is 0 Å². The third-order valence-corrected chi connectivity index (χ3v) is 3.09. The van der Waals surface area contributed by atoms with Gasteiger partial charge in [0.25, 0.3) is 0 Å². The van der Waals surface area contributed by atoms with Gasteiger partial charge in [0.1, 0.15) is 0 Å². The van der Waals surface area contributed by atoms with Crippen molar-refractivity contribution in [2.24, 2.45) is 5.92 Å². The SMILES string of the molecule is CCC1CN(C(=O)CCOC)CCC1O. The fourth-order valence-electron chi connectivity index (χ4n) is 2.00. The van der Waals surface area contributed by atoms with E-state index in [1.807, 2.05) is 4.90 Å². The summed E-state index contributed by atoms with van der Waals surface area (Å²) in [5.41, 5.74) is 0. The first-order chi connectivity index (χ1) is 7.19. The number of carbonyl (C=O) groups excluding carboxylic acids is 1. The fraction of sp³-hybridized carbons (Fsp3) is 0.909. The highest BCUT2D eigenvalue weighted by atomic mass is 16.5. The van der Waals surface area contributed by atoms with Crippen LogP contribution in [0.4, 0.5) is 0 Å². The van der Waals surface area contributed by atoms with Crippen LogP contribution in [0.1, 0.15) is 26.2 Å². The Hall–Kier alpha value is -0.610. The van der Waals surface area contributed by atoms with Crippen molar-refractivity contribution in [1.29, 1.82) is 0 Å². The number of amides is 1. The van der Waals surface area contributed by atoms with Gasteiger partial charge >= 0.3 is 0 Å². The molecule has 0 aromatic heterocycles. The van der Waals surface area contributed by atoms with Crippen LogP contribution in [0.5, 0.6) is 0 Å². The zero-order valence-corrected chi connectivity index (χ0v) is 9.61. The molecular formula is C11H21NO3. The molecule has 0 bridgehead atoms. The van der Waals surface area contributed by atoms with E-state index in [0.29, 0.717) is 32.5 Å². The molecule has 2 atom stereocenters. The number of aliphatic hydroxyl groups is 1. The molecule has 1 heterocycles. The van der Waals surface area contributed by atoms with Crippen molar-refractivity contribution < 1.29 is 14.6 Å². The van der Waals surface area contributed by atoms with Crippen molar-refractivity contribution in [3.63, 3.8) is 0 Å². The van der Waals surface area contributed by atoms with Crippen LogP contribution >= 0.6 is 0 Å². The molecule has 1 saturated heterocycles. The summed E-state index contributed by atoms with van der Waals surface area (Å²) in [6, 6.07) is 0. The predicted molar refractivity (Wildman–Crippen MR) is 57.5 cm³/mol. The summed E-state index contributed by atoms with van der Waals surface area (Å²) in [5.74, 6) is 0.382. The maximum absolute atomic E-state index is 11.7. The topological polar surface area (TPSA) is 49.8 Å². The molecule has 4 heteroatoms. The van der Waals surface area contributed by atoms with Crippen molar-refractivity contribution in [2.75, 3.05) is 26.8 Å². The van der Waals surface area contributed by atoms with E-state index in [-0.39, 0.29) is 17.9 Å². The third-order valence-electron chi connectivity index (χ3n) is 3.09. The second-order valence-electron chi connectivity index (χ2n) is 4.11. The molecule has 88 valence electrons. The van der Waals surface area contributed by atoms with Gasteiger partial charge in [-0.25, -0.2) is 0 Å². The van der Waals surface area contributed by atoms with Crippen LogP contribution in [-0.2, 0) is 9.53 Å². The molecule has 1 aliphatic rings. The van der Waals surface area contributed by atoms with Crippen molar-refractivity contribution in [3.8, 4) is 0 Å². The molecule has 15 heavy (non-hydrogen) atoms. The zero-order chi connectivity index (χ0) is 11.3. The number of hydrogen-bond acceptors (Lipinski definition) is 3.